The first-order valence-corrected chi connectivity index (χ1v) is 7.95. The molecule has 0 radical (unpaired) electrons. The van der Waals surface area contributed by atoms with Gasteiger partial charge in [0.2, 0.25) is 0 Å². The second-order valence-corrected chi connectivity index (χ2v) is 6.22. The zero-order chi connectivity index (χ0) is 15.5. The van der Waals surface area contributed by atoms with Crippen LogP contribution in [0.15, 0.2) is 48.5 Å². The predicted octanol–water partition coefficient (Wildman–Crippen LogP) is 5.01. The van der Waals surface area contributed by atoms with Gasteiger partial charge in [-0.15, -0.1) is 0 Å². The zero-order valence-electron chi connectivity index (χ0n) is 11.9. The normalized spacial score (nSPS) is 17.5. The summed E-state index contributed by atoms with van der Waals surface area (Å²) >= 11 is 11.8. The lowest BCUT2D eigenvalue weighted by molar-refractivity contribution is 0.222. The van der Waals surface area contributed by atoms with E-state index in [0.29, 0.717) is 21.7 Å². The third kappa shape index (κ3) is 3.37. The van der Waals surface area contributed by atoms with Crippen molar-refractivity contribution < 1.29 is 4.79 Å². The second kappa shape index (κ2) is 6.59. The van der Waals surface area contributed by atoms with Crippen LogP contribution in [0.4, 0.5) is 10.5 Å². The molecule has 1 aliphatic rings. The number of urea groups is 1. The molecule has 1 saturated heterocycles. The van der Waals surface area contributed by atoms with E-state index < -0.39 is 0 Å². The topological polar surface area (TPSA) is 32.3 Å². The Hall–Kier alpha value is -1.71. The van der Waals surface area contributed by atoms with E-state index in [2.05, 4.69) is 17.4 Å². The number of carbonyl (C=O) groups excluding carboxylic acids is 1. The van der Waals surface area contributed by atoms with Crippen molar-refractivity contribution in [3.05, 3.63) is 64.1 Å². The molecule has 5 heteroatoms. The first-order valence-electron chi connectivity index (χ1n) is 7.19. The van der Waals surface area contributed by atoms with Crippen molar-refractivity contribution >= 4 is 34.9 Å². The van der Waals surface area contributed by atoms with Gasteiger partial charge < -0.3 is 10.2 Å². The fraction of sp³-hybridized carbons (Fsp3) is 0.235. The Kier molecular flexibility index (Phi) is 4.55. The molecule has 3 rings (SSSR count). The molecular weight excluding hydrogens is 319 g/mol. The number of carbonyl (C=O) groups is 1. The zero-order valence-corrected chi connectivity index (χ0v) is 13.4. The summed E-state index contributed by atoms with van der Waals surface area (Å²) in [5.74, 6) is 0.403. The highest BCUT2D eigenvalue weighted by atomic mass is 35.5. The minimum Gasteiger partial charge on any atom is -0.324 e. The summed E-state index contributed by atoms with van der Waals surface area (Å²) < 4.78 is 0. The van der Waals surface area contributed by atoms with Gasteiger partial charge in [0.25, 0.3) is 0 Å². The van der Waals surface area contributed by atoms with Crippen molar-refractivity contribution in [2.24, 2.45) is 0 Å². The summed E-state index contributed by atoms with van der Waals surface area (Å²) in [7, 11) is 0. The maximum atomic E-state index is 12.3. The third-order valence-corrected chi connectivity index (χ3v) is 4.66. The van der Waals surface area contributed by atoms with Gasteiger partial charge in [-0.05, 0) is 30.2 Å². The van der Waals surface area contributed by atoms with Crippen molar-refractivity contribution in [2.45, 2.75) is 12.3 Å². The highest BCUT2D eigenvalue weighted by Crippen LogP contribution is 2.28. The Bertz CT molecular complexity index is 676. The number of nitrogens with zero attached hydrogens (tertiary/aromatic N) is 1. The number of anilines is 1. The molecule has 114 valence electrons. The van der Waals surface area contributed by atoms with E-state index in [1.807, 2.05) is 23.1 Å². The number of nitrogens with one attached hydrogen (secondary N) is 1. The van der Waals surface area contributed by atoms with E-state index in [4.69, 9.17) is 23.2 Å². The van der Waals surface area contributed by atoms with Gasteiger partial charge in [0, 0.05) is 24.7 Å². The van der Waals surface area contributed by atoms with Crippen molar-refractivity contribution in [3.8, 4) is 0 Å². The maximum Gasteiger partial charge on any atom is 0.321 e. The molecule has 3 nitrogen and oxygen atoms in total. The van der Waals surface area contributed by atoms with Gasteiger partial charge >= 0.3 is 6.03 Å². The van der Waals surface area contributed by atoms with E-state index in [1.165, 1.54) is 5.56 Å². The first kappa shape index (κ1) is 15.2. The van der Waals surface area contributed by atoms with Crippen LogP contribution in [0.5, 0.6) is 0 Å². The van der Waals surface area contributed by atoms with Crippen LogP contribution in [0.2, 0.25) is 10.0 Å². The van der Waals surface area contributed by atoms with Crippen molar-refractivity contribution in [1.82, 2.24) is 4.90 Å². The van der Waals surface area contributed by atoms with Crippen molar-refractivity contribution in [3.63, 3.8) is 0 Å². The Balaban J connectivity index is 1.63. The van der Waals surface area contributed by atoms with Crippen LogP contribution < -0.4 is 5.32 Å². The smallest absolute Gasteiger partial charge is 0.321 e. The Labute approximate surface area is 139 Å². The van der Waals surface area contributed by atoms with Crippen LogP contribution in [-0.4, -0.2) is 24.0 Å². The molecule has 1 N–H and O–H groups in total. The molecule has 0 spiro atoms. The summed E-state index contributed by atoms with van der Waals surface area (Å²) in [6, 6.07) is 15.3. The highest BCUT2D eigenvalue weighted by Gasteiger charge is 2.27. The molecule has 1 unspecified atom stereocenters. The summed E-state index contributed by atoms with van der Waals surface area (Å²) in [6.07, 6.45) is 0.985. The number of hydrogen-bond donors (Lipinski definition) is 1. The molecule has 0 bridgehead atoms. The molecule has 2 amide bonds. The molecule has 1 fully saturated rings. The number of halogens is 2. The minimum absolute atomic E-state index is 0.100. The van der Waals surface area contributed by atoms with E-state index in [0.717, 1.165) is 19.5 Å². The SMILES string of the molecule is O=C(Nc1ccc(Cl)c(Cl)c1)N1CCC(c2ccccc2)C1. The van der Waals surface area contributed by atoms with E-state index in [-0.39, 0.29) is 6.03 Å². The van der Waals surface area contributed by atoms with Crippen LogP contribution in [-0.2, 0) is 0 Å². The molecule has 0 aromatic heterocycles. The van der Waals surface area contributed by atoms with Gasteiger partial charge in [-0.2, -0.15) is 0 Å². The summed E-state index contributed by atoms with van der Waals surface area (Å²) in [6.45, 7) is 1.49. The van der Waals surface area contributed by atoms with Gasteiger partial charge in [0.15, 0.2) is 0 Å². The highest BCUT2D eigenvalue weighted by molar-refractivity contribution is 6.42. The summed E-state index contributed by atoms with van der Waals surface area (Å²) in [4.78, 5) is 14.2. The van der Waals surface area contributed by atoms with Gasteiger partial charge in [-0.25, -0.2) is 4.79 Å². The largest absolute Gasteiger partial charge is 0.324 e. The van der Waals surface area contributed by atoms with Crippen LogP contribution in [0.3, 0.4) is 0 Å². The van der Waals surface area contributed by atoms with Gasteiger partial charge in [-0.3, -0.25) is 0 Å². The average Bonchev–Trinajstić information content (AvgIpc) is 3.02. The van der Waals surface area contributed by atoms with Crippen LogP contribution in [0.1, 0.15) is 17.9 Å². The third-order valence-electron chi connectivity index (χ3n) is 3.92. The van der Waals surface area contributed by atoms with Crippen LogP contribution in [0, 0.1) is 0 Å². The Morgan fingerprint density at radius 1 is 1.09 bits per heavy atom. The van der Waals surface area contributed by atoms with Gasteiger partial charge in [0.1, 0.15) is 0 Å². The molecule has 0 aliphatic carbocycles. The van der Waals surface area contributed by atoms with Crippen molar-refractivity contribution in [1.29, 1.82) is 0 Å². The second-order valence-electron chi connectivity index (χ2n) is 5.40. The monoisotopic (exact) mass is 334 g/mol. The Morgan fingerprint density at radius 2 is 1.86 bits per heavy atom. The molecule has 0 saturated carbocycles. The minimum atomic E-state index is -0.100. The molecule has 2 aromatic carbocycles. The quantitative estimate of drug-likeness (QED) is 0.822. The maximum absolute atomic E-state index is 12.3. The number of benzene rings is 2. The van der Waals surface area contributed by atoms with Gasteiger partial charge in [-0.1, -0.05) is 53.5 Å². The Morgan fingerprint density at radius 3 is 2.59 bits per heavy atom. The standard InChI is InChI=1S/C17H16Cl2N2O/c18-15-7-6-14(10-16(15)19)20-17(22)21-9-8-13(11-21)12-4-2-1-3-5-12/h1-7,10,13H,8-9,11H2,(H,20,22). The van der Waals surface area contributed by atoms with Crippen molar-refractivity contribution in [2.75, 3.05) is 18.4 Å². The summed E-state index contributed by atoms with van der Waals surface area (Å²) in [5.41, 5.74) is 1.94. The van der Waals surface area contributed by atoms with Crippen LogP contribution >= 0.6 is 23.2 Å². The summed E-state index contributed by atoms with van der Waals surface area (Å²) in [5, 5.41) is 3.78. The number of hydrogen-bond acceptors (Lipinski definition) is 1. The van der Waals surface area contributed by atoms with Gasteiger partial charge in [0.05, 0.1) is 10.0 Å². The lowest BCUT2D eigenvalue weighted by Gasteiger charge is -2.18. The van der Waals surface area contributed by atoms with E-state index >= 15 is 0 Å². The molecule has 1 aliphatic heterocycles. The number of likely N-dealkylation sites (tertiary alicyclic amines) is 1. The molecule has 1 atom stereocenters. The first-order chi connectivity index (χ1) is 10.6. The lowest BCUT2D eigenvalue weighted by Crippen LogP contribution is -2.32. The molecule has 1 heterocycles. The fourth-order valence-corrected chi connectivity index (χ4v) is 3.02. The fourth-order valence-electron chi connectivity index (χ4n) is 2.72. The number of rotatable bonds is 2. The molecular formula is C17H16Cl2N2O. The molecule has 22 heavy (non-hydrogen) atoms. The predicted molar refractivity (Wildman–Crippen MR) is 90.9 cm³/mol. The lowest BCUT2D eigenvalue weighted by atomic mass is 9.99. The molecule has 2 aromatic rings. The van der Waals surface area contributed by atoms with E-state index in [9.17, 15) is 4.79 Å². The average molecular weight is 335 g/mol. The van der Waals surface area contributed by atoms with Crippen LogP contribution in [0.25, 0.3) is 0 Å². The van der Waals surface area contributed by atoms with E-state index in [1.54, 1.807) is 18.2 Å². The number of amides is 2.